The summed E-state index contributed by atoms with van der Waals surface area (Å²) >= 11 is 6.15. The second kappa shape index (κ2) is 8.88. The van der Waals surface area contributed by atoms with Crippen molar-refractivity contribution < 1.29 is 18.0 Å². The normalized spacial score (nSPS) is 14.7. The smallest absolute Gasteiger partial charge is 0.343 e. The van der Waals surface area contributed by atoms with Crippen LogP contribution in [0.3, 0.4) is 0 Å². The maximum Gasteiger partial charge on any atom is 0.343 e. The molecule has 7 nitrogen and oxygen atoms in total. The monoisotopic (exact) mass is 483 g/mol. The van der Waals surface area contributed by atoms with E-state index in [1.165, 1.54) is 17.0 Å². The zero-order valence-corrected chi connectivity index (χ0v) is 19.7. The number of sulfonamides is 1. The van der Waals surface area contributed by atoms with Crippen molar-refractivity contribution in [1.82, 2.24) is 5.32 Å². The number of hydrogen-bond acceptors (Lipinski definition) is 4. The molecule has 0 saturated carbocycles. The fourth-order valence-corrected chi connectivity index (χ4v) is 5.77. The van der Waals surface area contributed by atoms with Gasteiger partial charge in [0, 0.05) is 11.6 Å². The lowest BCUT2D eigenvalue weighted by Crippen LogP contribution is -2.54. The average Bonchev–Trinajstić information content (AvgIpc) is 2.78. The number of nitrogens with zero attached hydrogens (tertiary/aromatic N) is 2. The highest BCUT2D eigenvalue weighted by Crippen LogP contribution is 2.39. The summed E-state index contributed by atoms with van der Waals surface area (Å²) < 4.78 is 27.7. The van der Waals surface area contributed by atoms with Crippen molar-refractivity contribution in [1.29, 1.82) is 0 Å². The van der Waals surface area contributed by atoms with E-state index in [-0.39, 0.29) is 23.7 Å². The molecule has 1 aliphatic rings. The van der Waals surface area contributed by atoms with Crippen LogP contribution in [0.1, 0.15) is 16.7 Å². The lowest BCUT2D eigenvalue weighted by Gasteiger charge is -2.37. The molecule has 0 fully saturated rings. The number of carbonyl (C=O) groups excluding carboxylic acids is 2. The first-order valence-electron chi connectivity index (χ1n) is 10.2. The zero-order chi connectivity index (χ0) is 23.8. The molecule has 3 aromatic carbocycles. The van der Waals surface area contributed by atoms with Gasteiger partial charge in [-0.3, -0.25) is 9.69 Å². The molecule has 0 bridgehead atoms. The minimum atomic E-state index is -4.17. The number of halogens is 1. The molecule has 0 unspecified atom stereocenters. The third kappa shape index (κ3) is 4.19. The summed E-state index contributed by atoms with van der Waals surface area (Å²) in [4.78, 5) is 27.5. The van der Waals surface area contributed by atoms with Gasteiger partial charge in [0.2, 0.25) is 5.91 Å². The fraction of sp³-hybridized carbons (Fsp3) is 0.167. The fourth-order valence-electron chi connectivity index (χ4n) is 3.84. The van der Waals surface area contributed by atoms with Gasteiger partial charge in [0.1, 0.15) is 11.4 Å². The molecule has 0 atom stereocenters. The number of fused-ring (bicyclic) bond motifs is 1. The molecule has 3 aromatic rings. The maximum atomic E-state index is 13.5. The topological polar surface area (TPSA) is 86.8 Å². The Labute approximate surface area is 197 Å². The molecule has 1 aliphatic heterocycles. The Hall–Kier alpha value is -3.36. The summed E-state index contributed by atoms with van der Waals surface area (Å²) in [7, 11) is -4.17. The minimum Gasteiger partial charge on any atom is -0.350 e. The molecule has 1 heterocycles. The van der Waals surface area contributed by atoms with Gasteiger partial charge in [-0.25, -0.2) is 13.2 Å². The molecule has 9 heteroatoms. The van der Waals surface area contributed by atoms with Crippen LogP contribution in [0.2, 0.25) is 5.02 Å². The Bertz CT molecular complexity index is 1340. The second-order valence-electron chi connectivity index (χ2n) is 7.71. The Morgan fingerprint density at radius 3 is 2.27 bits per heavy atom. The van der Waals surface area contributed by atoms with Crippen molar-refractivity contribution in [3.05, 3.63) is 88.4 Å². The van der Waals surface area contributed by atoms with E-state index in [4.69, 9.17) is 11.6 Å². The van der Waals surface area contributed by atoms with Crippen LogP contribution in [-0.2, 0) is 21.4 Å². The van der Waals surface area contributed by atoms with Crippen molar-refractivity contribution in [3.8, 4) is 0 Å². The Morgan fingerprint density at radius 2 is 1.58 bits per heavy atom. The molecular weight excluding hydrogens is 462 g/mol. The lowest BCUT2D eigenvalue weighted by molar-refractivity contribution is -0.119. The number of para-hydroxylation sites is 2. The molecule has 0 radical (unpaired) electrons. The first kappa shape index (κ1) is 22.8. The highest BCUT2D eigenvalue weighted by Gasteiger charge is 2.44. The van der Waals surface area contributed by atoms with Gasteiger partial charge in [-0.2, -0.15) is 4.31 Å². The van der Waals surface area contributed by atoms with E-state index in [1.807, 2.05) is 6.07 Å². The summed E-state index contributed by atoms with van der Waals surface area (Å²) in [6, 6.07) is 17.8. The number of nitrogens with one attached hydrogen (secondary N) is 1. The molecular formula is C24H22ClN3O4S. The maximum absolute atomic E-state index is 13.5. The van der Waals surface area contributed by atoms with E-state index >= 15 is 0 Å². The molecule has 0 spiro atoms. The van der Waals surface area contributed by atoms with Gasteiger partial charge in [0.15, 0.2) is 0 Å². The van der Waals surface area contributed by atoms with Crippen molar-refractivity contribution >= 4 is 44.9 Å². The Morgan fingerprint density at radius 1 is 0.939 bits per heavy atom. The van der Waals surface area contributed by atoms with E-state index in [0.717, 1.165) is 9.87 Å². The number of benzene rings is 3. The first-order chi connectivity index (χ1) is 15.7. The highest BCUT2D eigenvalue weighted by molar-refractivity contribution is 7.94. The summed E-state index contributed by atoms with van der Waals surface area (Å²) in [5.41, 5.74) is 2.46. The molecule has 170 valence electrons. The van der Waals surface area contributed by atoms with Crippen LogP contribution >= 0.6 is 11.6 Å². The minimum absolute atomic E-state index is 0.0360. The SMILES string of the molecule is Cc1cccc(C)c1N1C(=O)N(CC(=O)NCc2ccccc2Cl)c2ccccc2S1(=O)=O. The third-order valence-electron chi connectivity index (χ3n) is 5.46. The number of aryl methyl sites for hydroxylation is 2. The molecule has 0 saturated heterocycles. The van der Waals surface area contributed by atoms with Crippen molar-refractivity contribution in [2.45, 2.75) is 25.3 Å². The summed E-state index contributed by atoms with van der Waals surface area (Å²) in [6.45, 7) is 3.32. The number of anilines is 2. The van der Waals surface area contributed by atoms with Gasteiger partial charge in [0.25, 0.3) is 10.0 Å². The number of carbonyl (C=O) groups is 2. The molecule has 0 aliphatic carbocycles. The predicted octanol–water partition coefficient (Wildman–Crippen LogP) is 4.41. The zero-order valence-electron chi connectivity index (χ0n) is 18.1. The number of hydrogen-bond donors (Lipinski definition) is 1. The number of rotatable bonds is 5. The second-order valence-corrected chi connectivity index (χ2v) is 9.88. The van der Waals surface area contributed by atoms with E-state index in [1.54, 1.807) is 62.4 Å². The van der Waals surface area contributed by atoms with Crippen LogP contribution < -0.4 is 14.5 Å². The molecule has 3 amide bonds. The summed E-state index contributed by atoms with van der Waals surface area (Å²) in [5.74, 6) is -0.446. The van der Waals surface area contributed by atoms with Crippen LogP contribution in [0.15, 0.2) is 71.6 Å². The van der Waals surface area contributed by atoms with Crippen molar-refractivity contribution in [2.24, 2.45) is 0 Å². The standard InChI is InChI=1S/C24H22ClN3O4S/c1-16-8-7-9-17(2)23(16)28-24(30)27(20-12-5-6-13-21(20)33(28,31)32)15-22(29)26-14-18-10-3-4-11-19(18)25/h3-13H,14-15H2,1-2H3,(H,26,29). The summed E-state index contributed by atoms with van der Waals surface area (Å²) in [6.07, 6.45) is 0. The number of amides is 3. The van der Waals surface area contributed by atoms with Crippen molar-refractivity contribution in [2.75, 3.05) is 15.7 Å². The first-order valence-corrected chi connectivity index (χ1v) is 12.1. The van der Waals surface area contributed by atoms with E-state index in [0.29, 0.717) is 21.8 Å². The number of urea groups is 1. The van der Waals surface area contributed by atoms with Crippen LogP contribution in [0.4, 0.5) is 16.2 Å². The Balaban J connectivity index is 1.70. The van der Waals surface area contributed by atoms with Gasteiger partial charge in [0.05, 0.1) is 11.4 Å². The van der Waals surface area contributed by atoms with Gasteiger partial charge in [-0.1, -0.05) is 60.1 Å². The van der Waals surface area contributed by atoms with Gasteiger partial charge in [-0.05, 0) is 48.7 Å². The highest BCUT2D eigenvalue weighted by atomic mass is 35.5. The van der Waals surface area contributed by atoms with Crippen LogP contribution in [0.25, 0.3) is 0 Å². The average molecular weight is 484 g/mol. The predicted molar refractivity (Wildman–Crippen MR) is 128 cm³/mol. The van der Waals surface area contributed by atoms with Gasteiger partial charge >= 0.3 is 6.03 Å². The largest absolute Gasteiger partial charge is 0.350 e. The van der Waals surface area contributed by atoms with Gasteiger partial charge < -0.3 is 5.32 Å². The molecule has 1 N–H and O–H groups in total. The van der Waals surface area contributed by atoms with Gasteiger partial charge in [-0.15, -0.1) is 0 Å². The third-order valence-corrected chi connectivity index (χ3v) is 7.55. The van der Waals surface area contributed by atoms with E-state index < -0.39 is 22.0 Å². The Kier molecular flexibility index (Phi) is 6.14. The van der Waals surface area contributed by atoms with Crippen LogP contribution in [-0.4, -0.2) is 26.9 Å². The van der Waals surface area contributed by atoms with Crippen LogP contribution in [0.5, 0.6) is 0 Å². The van der Waals surface area contributed by atoms with Crippen molar-refractivity contribution in [3.63, 3.8) is 0 Å². The lowest BCUT2D eigenvalue weighted by atomic mass is 10.1. The molecule has 33 heavy (non-hydrogen) atoms. The summed E-state index contributed by atoms with van der Waals surface area (Å²) in [5, 5.41) is 3.27. The van der Waals surface area contributed by atoms with E-state index in [2.05, 4.69) is 5.32 Å². The quantitative estimate of drug-likeness (QED) is 0.582. The molecule has 4 rings (SSSR count). The van der Waals surface area contributed by atoms with Crippen LogP contribution in [0, 0.1) is 13.8 Å². The molecule has 0 aromatic heterocycles. The van der Waals surface area contributed by atoms with E-state index in [9.17, 15) is 18.0 Å².